The highest BCUT2D eigenvalue weighted by atomic mass is 19.1. The lowest BCUT2D eigenvalue weighted by atomic mass is 9.88. The number of likely N-dealkylation sites (N-methyl/N-ethyl adjacent to an activating group) is 1. The molecule has 0 amide bonds. The molecule has 162 valence electrons. The van der Waals surface area contributed by atoms with E-state index in [4.69, 9.17) is 4.74 Å². The van der Waals surface area contributed by atoms with Crippen molar-refractivity contribution >= 4 is 5.96 Å². The molecule has 0 unspecified atom stereocenters. The van der Waals surface area contributed by atoms with Crippen LogP contribution in [0, 0.1) is 5.82 Å². The Morgan fingerprint density at radius 3 is 2.45 bits per heavy atom. The van der Waals surface area contributed by atoms with Gasteiger partial charge in [0.05, 0.1) is 0 Å². The van der Waals surface area contributed by atoms with Gasteiger partial charge < -0.3 is 20.3 Å². The fourth-order valence-electron chi connectivity index (χ4n) is 4.25. The first-order valence-corrected chi connectivity index (χ1v) is 10.7. The van der Waals surface area contributed by atoms with Gasteiger partial charge in [-0.1, -0.05) is 12.1 Å². The highest BCUT2D eigenvalue weighted by Crippen LogP contribution is 2.25. The van der Waals surface area contributed by atoms with Crippen molar-refractivity contribution in [2.24, 2.45) is 4.99 Å². The van der Waals surface area contributed by atoms with Gasteiger partial charge in [0.1, 0.15) is 5.82 Å². The van der Waals surface area contributed by atoms with Gasteiger partial charge >= 0.3 is 0 Å². The zero-order valence-electron chi connectivity index (χ0n) is 18.1. The number of likely N-dealkylation sites (tertiary alicyclic amines) is 1. The zero-order valence-corrected chi connectivity index (χ0v) is 18.1. The molecule has 0 saturated carbocycles. The fraction of sp³-hybridized carbons (Fsp3) is 0.682. The van der Waals surface area contributed by atoms with Crippen molar-refractivity contribution in [3.05, 3.63) is 35.6 Å². The monoisotopic (exact) mass is 405 g/mol. The lowest BCUT2D eigenvalue weighted by molar-refractivity contribution is -0.00504. The SMILES string of the molecule is CN=C(NCC1(N(C)C)CCOCC1)NC1CCN(Cc2ccc(F)cc2)CC1. The number of benzene rings is 1. The number of piperidine rings is 1. The number of rotatable bonds is 6. The van der Waals surface area contributed by atoms with Gasteiger partial charge in [0, 0.05) is 58.0 Å². The van der Waals surface area contributed by atoms with E-state index < -0.39 is 0 Å². The number of hydrogen-bond donors (Lipinski definition) is 2. The molecule has 0 spiro atoms. The Bertz CT molecular complexity index is 650. The predicted molar refractivity (Wildman–Crippen MR) is 116 cm³/mol. The van der Waals surface area contributed by atoms with E-state index in [0.717, 1.165) is 71.0 Å². The number of nitrogens with one attached hydrogen (secondary N) is 2. The first-order valence-electron chi connectivity index (χ1n) is 10.7. The summed E-state index contributed by atoms with van der Waals surface area (Å²) in [5, 5.41) is 7.16. The Labute approximate surface area is 174 Å². The van der Waals surface area contributed by atoms with Crippen LogP contribution in [0.4, 0.5) is 4.39 Å². The van der Waals surface area contributed by atoms with Crippen LogP contribution < -0.4 is 10.6 Å². The third-order valence-electron chi connectivity index (χ3n) is 6.43. The zero-order chi connectivity index (χ0) is 20.7. The molecule has 2 saturated heterocycles. The van der Waals surface area contributed by atoms with Crippen molar-refractivity contribution in [2.45, 2.75) is 43.8 Å². The van der Waals surface area contributed by atoms with Crippen LogP contribution in [0.15, 0.2) is 29.3 Å². The molecule has 2 N–H and O–H groups in total. The van der Waals surface area contributed by atoms with Gasteiger partial charge in [0.25, 0.3) is 0 Å². The minimum atomic E-state index is -0.174. The molecular formula is C22H36FN5O. The normalized spacial score (nSPS) is 21.3. The van der Waals surface area contributed by atoms with Crippen LogP contribution in [0.3, 0.4) is 0 Å². The summed E-state index contributed by atoms with van der Waals surface area (Å²) in [5.41, 5.74) is 1.29. The maximum Gasteiger partial charge on any atom is 0.191 e. The molecule has 0 bridgehead atoms. The number of nitrogens with zero attached hydrogens (tertiary/aromatic N) is 3. The maximum atomic E-state index is 13.1. The van der Waals surface area contributed by atoms with Gasteiger partial charge in [-0.3, -0.25) is 9.89 Å². The van der Waals surface area contributed by atoms with Gasteiger partial charge in [0.2, 0.25) is 0 Å². The quantitative estimate of drug-likeness (QED) is 0.561. The van der Waals surface area contributed by atoms with Crippen molar-refractivity contribution in [3.8, 4) is 0 Å². The summed E-state index contributed by atoms with van der Waals surface area (Å²) in [4.78, 5) is 9.21. The molecule has 6 nitrogen and oxygen atoms in total. The Hall–Kier alpha value is -1.70. The standard InChI is InChI=1S/C22H36FN5O/c1-24-21(25-17-22(27(2)3)10-14-29-15-11-22)26-20-8-12-28(13-9-20)16-18-4-6-19(23)7-5-18/h4-7,20H,8-17H2,1-3H3,(H2,24,25,26). The van der Waals surface area contributed by atoms with Crippen LogP contribution in [-0.2, 0) is 11.3 Å². The predicted octanol–water partition coefficient (Wildman–Crippen LogP) is 2.07. The van der Waals surface area contributed by atoms with Crippen molar-refractivity contribution in [1.29, 1.82) is 0 Å². The third kappa shape index (κ3) is 6.14. The molecular weight excluding hydrogens is 369 g/mol. The van der Waals surface area contributed by atoms with Gasteiger partial charge in [-0.25, -0.2) is 4.39 Å². The number of halogens is 1. The Kier molecular flexibility index (Phi) is 7.86. The number of ether oxygens (including phenoxy) is 1. The Morgan fingerprint density at radius 2 is 1.86 bits per heavy atom. The van der Waals surface area contributed by atoms with Crippen LogP contribution in [-0.4, -0.2) is 81.3 Å². The minimum Gasteiger partial charge on any atom is -0.381 e. The maximum absolute atomic E-state index is 13.1. The molecule has 0 atom stereocenters. The molecule has 2 aliphatic heterocycles. The second-order valence-electron chi connectivity index (χ2n) is 8.48. The number of aliphatic imine (C=N–C) groups is 1. The average molecular weight is 406 g/mol. The van der Waals surface area contributed by atoms with Crippen LogP contribution in [0.2, 0.25) is 0 Å². The molecule has 1 aromatic rings. The minimum absolute atomic E-state index is 0.119. The first kappa shape index (κ1) is 22.0. The summed E-state index contributed by atoms with van der Waals surface area (Å²) in [7, 11) is 6.14. The molecule has 1 aromatic carbocycles. The summed E-state index contributed by atoms with van der Waals surface area (Å²) < 4.78 is 18.6. The fourth-order valence-corrected chi connectivity index (χ4v) is 4.25. The van der Waals surface area contributed by atoms with Gasteiger partial charge in [-0.05, 0) is 57.5 Å². The van der Waals surface area contributed by atoms with Crippen LogP contribution in [0.1, 0.15) is 31.2 Å². The lowest BCUT2D eigenvalue weighted by Crippen LogP contribution is -2.58. The summed E-state index contributed by atoms with van der Waals surface area (Å²) >= 11 is 0. The molecule has 2 heterocycles. The van der Waals surface area contributed by atoms with Gasteiger partial charge in [0.15, 0.2) is 5.96 Å². The van der Waals surface area contributed by atoms with E-state index in [0.29, 0.717) is 6.04 Å². The third-order valence-corrected chi connectivity index (χ3v) is 6.43. The summed E-state index contributed by atoms with van der Waals surface area (Å²) in [6.45, 7) is 5.45. The second-order valence-corrected chi connectivity index (χ2v) is 8.48. The smallest absolute Gasteiger partial charge is 0.191 e. The van der Waals surface area contributed by atoms with E-state index in [2.05, 4.69) is 39.5 Å². The van der Waals surface area contributed by atoms with Crippen molar-refractivity contribution in [1.82, 2.24) is 20.4 Å². The van der Waals surface area contributed by atoms with Crippen molar-refractivity contribution in [3.63, 3.8) is 0 Å². The molecule has 0 aromatic heterocycles. The largest absolute Gasteiger partial charge is 0.381 e. The molecule has 3 rings (SSSR count). The lowest BCUT2D eigenvalue weighted by Gasteiger charge is -2.43. The number of guanidine groups is 1. The van der Waals surface area contributed by atoms with Crippen LogP contribution in [0.25, 0.3) is 0 Å². The first-order chi connectivity index (χ1) is 14.0. The van der Waals surface area contributed by atoms with E-state index in [1.165, 1.54) is 17.7 Å². The van der Waals surface area contributed by atoms with Crippen LogP contribution in [0.5, 0.6) is 0 Å². The molecule has 7 heteroatoms. The van der Waals surface area contributed by atoms with E-state index >= 15 is 0 Å². The molecule has 29 heavy (non-hydrogen) atoms. The van der Waals surface area contributed by atoms with Crippen LogP contribution >= 0.6 is 0 Å². The van der Waals surface area contributed by atoms with E-state index in [9.17, 15) is 4.39 Å². The van der Waals surface area contributed by atoms with Gasteiger partial charge in [-0.2, -0.15) is 0 Å². The molecule has 2 aliphatic rings. The highest BCUT2D eigenvalue weighted by molar-refractivity contribution is 5.80. The molecule has 0 radical (unpaired) electrons. The molecule has 2 fully saturated rings. The highest BCUT2D eigenvalue weighted by Gasteiger charge is 2.35. The van der Waals surface area contributed by atoms with Crippen molar-refractivity contribution in [2.75, 3.05) is 54.0 Å². The topological polar surface area (TPSA) is 52.1 Å². The summed E-state index contributed by atoms with van der Waals surface area (Å²) in [5.74, 6) is 0.710. The Balaban J connectivity index is 1.44. The van der Waals surface area contributed by atoms with E-state index in [-0.39, 0.29) is 11.4 Å². The van der Waals surface area contributed by atoms with Crippen molar-refractivity contribution < 1.29 is 9.13 Å². The second kappa shape index (κ2) is 10.4. The number of hydrogen-bond acceptors (Lipinski definition) is 4. The average Bonchev–Trinajstić information content (AvgIpc) is 2.74. The Morgan fingerprint density at radius 1 is 1.21 bits per heavy atom. The van der Waals surface area contributed by atoms with E-state index in [1.54, 1.807) is 0 Å². The summed E-state index contributed by atoms with van der Waals surface area (Å²) in [6, 6.07) is 7.26. The molecule has 0 aliphatic carbocycles. The summed E-state index contributed by atoms with van der Waals surface area (Å²) in [6.07, 6.45) is 4.22. The van der Waals surface area contributed by atoms with Gasteiger partial charge in [-0.15, -0.1) is 0 Å². The van der Waals surface area contributed by atoms with E-state index in [1.807, 2.05) is 19.2 Å².